The zero-order chi connectivity index (χ0) is 18.6. The van der Waals surface area contributed by atoms with E-state index in [-0.39, 0.29) is 4.90 Å². The number of nitrogens with zero attached hydrogens (tertiary/aromatic N) is 4. The maximum absolute atomic E-state index is 11.7. The highest BCUT2D eigenvalue weighted by molar-refractivity contribution is 7.90. The van der Waals surface area contributed by atoms with E-state index in [1.807, 2.05) is 0 Å². The zero-order valence-corrected chi connectivity index (χ0v) is 15.2. The molecule has 0 aliphatic heterocycles. The summed E-state index contributed by atoms with van der Waals surface area (Å²) in [5.41, 5.74) is 1.83. The van der Waals surface area contributed by atoms with Gasteiger partial charge in [-0.1, -0.05) is 11.2 Å². The van der Waals surface area contributed by atoms with Crippen molar-refractivity contribution >= 4 is 9.84 Å². The molecule has 0 radical (unpaired) electrons. The fourth-order valence-electron chi connectivity index (χ4n) is 2.48. The fraction of sp³-hybridized carbons (Fsp3) is 0.294. The van der Waals surface area contributed by atoms with E-state index in [0.717, 1.165) is 17.4 Å². The van der Waals surface area contributed by atoms with E-state index in [1.54, 1.807) is 24.5 Å². The average Bonchev–Trinajstić information content (AvgIpc) is 3.07. The van der Waals surface area contributed by atoms with Crippen LogP contribution in [0.3, 0.4) is 0 Å². The summed E-state index contributed by atoms with van der Waals surface area (Å²) in [6.07, 6.45) is 7.85. The lowest BCUT2D eigenvalue weighted by Gasteiger charge is -2.08. The Morgan fingerprint density at radius 3 is 2.58 bits per heavy atom. The molecule has 0 atom stereocenters. The molecule has 1 aromatic carbocycles. The summed E-state index contributed by atoms with van der Waals surface area (Å²) in [6, 6.07) is 4.92. The molecule has 2 aromatic heterocycles. The molecule has 0 aliphatic rings. The lowest BCUT2D eigenvalue weighted by molar-refractivity contribution is 0.373. The molecule has 2 heterocycles. The van der Waals surface area contributed by atoms with Crippen molar-refractivity contribution in [2.24, 2.45) is 0 Å². The number of hydrogen-bond donors (Lipinski definition) is 0. The number of sulfone groups is 1. The maximum Gasteiger partial charge on any atom is 0.226 e. The molecule has 8 nitrogen and oxygen atoms in total. The lowest BCUT2D eigenvalue weighted by atomic mass is 10.1. The van der Waals surface area contributed by atoms with Gasteiger partial charge in [0.1, 0.15) is 17.0 Å². The Morgan fingerprint density at radius 2 is 1.88 bits per heavy atom. The normalized spacial score (nSPS) is 11.5. The van der Waals surface area contributed by atoms with Crippen molar-refractivity contribution in [1.29, 1.82) is 0 Å². The SMILES string of the molecule is COc1cc(Cc2noc(CCc3cncnc3)n2)ccc1S(C)(=O)=O. The van der Waals surface area contributed by atoms with Crippen LogP contribution in [0.4, 0.5) is 0 Å². The number of aryl methyl sites for hydroxylation is 2. The van der Waals surface area contributed by atoms with E-state index in [4.69, 9.17) is 9.26 Å². The van der Waals surface area contributed by atoms with Crippen molar-refractivity contribution in [2.75, 3.05) is 13.4 Å². The zero-order valence-electron chi connectivity index (χ0n) is 14.4. The molecule has 0 amide bonds. The minimum Gasteiger partial charge on any atom is -0.495 e. The Bertz CT molecular complexity index is 987. The van der Waals surface area contributed by atoms with Gasteiger partial charge in [0, 0.05) is 31.5 Å². The number of hydrogen-bond acceptors (Lipinski definition) is 8. The second-order valence-corrected chi connectivity index (χ2v) is 7.77. The van der Waals surface area contributed by atoms with Crippen molar-refractivity contribution in [2.45, 2.75) is 24.2 Å². The van der Waals surface area contributed by atoms with Gasteiger partial charge in [-0.05, 0) is 29.7 Å². The van der Waals surface area contributed by atoms with Crippen LogP contribution in [0.1, 0.15) is 22.8 Å². The third kappa shape index (κ3) is 4.42. The van der Waals surface area contributed by atoms with Gasteiger partial charge in [0.25, 0.3) is 0 Å². The molecular weight excluding hydrogens is 356 g/mol. The first-order chi connectivity index (χ1) is 12.5. The Hall–Kier alpha value is -2.81. The number of aromatic nitrogens is 4. The van der Waals surface area contributed by atoms with Gasteiger partial charge in [-0.15, -0.1) is 0 Å². The van der Waals surface area contributed by atoms with Crippen LogP contribution in [0.2, 0.25) is 0 Å². The first-order valence-electron chi connectivity index (χ1n) is 7.88. The smallest absolute Gasteiger partial charge is 0.226 e. The summed E-state index contributed by atoms with van der Waals surface area (Å²) >= 11 is 0. The number of rotatable bonds is 7. The highest BCUT2D eigenvalue weighted by Gasteiger charge is 2.15. The van der Waals surface area contributed by atoms with Crippen molar-refractivity contribution in [3.05, 3.63) is 59.8 Å². The van der Waals surface area contributed by atoms with Gasteiger partial charge in [0.2, 0.25) is 5.89 Å². The summed E-state index contributed by atoms with van der Waals surface area (Å²) in [5.74, 6) is 1.36. The second-order valence-electron chi connectivity index (χ2n) is 5.79. The molecule has 0 unspecified atom stereocenters. The van der Waals surface area contributed by atoms with Gasteiger partial charge in [-0.2, -0.15) is 4.98 Å². The van der Waals surface area contributed by atoms with Crippen LogP contribution < -0.4 is 4.74 Å². The van der Waals surface area contributed by atoms with Crippen LogP contribution in [0.5, 0.6) is 5.75 Å². The average molecular weight is 374 g/mol. The van der Waals surface area contributed by atoms with Gasteiger partial charge in [-0.25, -0.2) is 18.4 Å². The summed E-state index contributed by atoms with van der Waals surface area (Å²) in [4.78, 5) is 12.5. The number of methoxy groups -OCH3 is 1. The van der Waals surface area contributed by atoms with E-state index in [2.05, 4.69) is 20.1 Å². The molecule has 0 saturated carbocycles. The monoisotopic (exact) mass is 374 g/mol. The highest BCUT2D eigenvalue weighted by atomic mass is 32.2. The summed E-state index contributed by atoms with van der Waals surface area (Å²) < 4.78 is 33.9. The van der Waals surface area contributed by atoms with Crippen molar-refractivity contribution < 1.29 is 17.7 Å². The standard InChI is InChI=1S/C17H18N4O4S/c1-24-14-7-12(3-5-15(14)26(2,22)23)8-16-20-17(25-21-16)6-4-13-9-18-11-19-10-13/h3,5,7,9-11H,4,6,8H2,1-2H3. The molecule has 3 aromatic rings. The van der Waals surface area contributed by atoms with Crippen LogP contribution in [0.15, 0.2) is 46.3 Å². The van der Waals surface area contributed by atoms with Gasteiger partial charge < -0.3 is 9.26 Å². The topological polar surface area (TPSA) is 108 Å². The first-order valence-corrected chi connectivity index (χ1v) is 9.77. The lowest BCUT2D eigenvalue weighted by Crippen LogP contribution is -2.02. The van der Waals surface area contributed by atoms with E-state index in [1.165, 1.54) is 19.5 Å². The minimum absolute atomic E-state index is 0.155. The van der Waals surface area contributed by atoms with E-state index < -0.39 is 9.84 Å². The first kappa shape index (κ1) is 18.0. The largest absolute Gasteiger partial charge is 0.495 e. The predicted molar refractivity (Wildman–Crippen MR) is 92.6 cm³/mol. The fourth-order valence-corrected chi connectivity index (χ4v) is 3.31. The summed E-state index contributed by atoms with van der Waals surface area (Å²) in [7, 11) is -1.91. The molecule has 0 saturated heterocycles. The second kappa shape index (κ2) is 7.61. The summed E-state index contributed by atoms with van der Waals surface area (Å²) in [6.45, 7) is 0. The maximum atomic E-state index is 11.7. The van der Waals surface area contributed by atoms with E-state index >= 15 is 0 Å². The Labute approximate surface area is 151 Å². The third-order valence-corrected chi connectivity index (χ3v) is 4.88. The van der Waals surface area contributed by atoms with Crippen molar-refractivity contribution in [3.8, 4) is 5.75 Å². The van der Waals surface area contributed by atoms with Crippen molar-refractivity contribution in [3.63, 3.8) is 0 Å². The molecule has 0 fully saturated rings. The molecule has 0 bridgehead atoms. The molecule has 26 heavy (non-hydrogen) atoms. The molecule has 136 valence electrons. The Balaban J connectivity index is 1.69. The van der Waals surface area contributed by atoms with E-state index in [0.29, 0.717) is 36.7 Å². The quantitative estimate of drug-likeness (QED) is 0.614. The minimum atomic E-state index is -3.35. The van der Waals surface area contributed by atoms with Gasteiger partial charge in [0.15, 0.2) is 15.7 Å². The van der Waals surface area contributed by atoms with Gasteiger partial charge in [0.05, 0.1) is 7.11 Å². The van der Waals surface area contributed by atoms with Crippen molar-refractivity contribution in [1.82, 2.24) is 20.1 Å². The molecule has 0 N–H and O–H groups in total. The van der Waals surface area contributed by atoms with Crippen LogP contribution in [-0.4, -0.2) is 41.9 Å². The molecule has 0 aliphatic carbocycles. The Morgan fingerprint density at radius 1 is 1.12 bits per heavy atom. The molecule has 0 spiro atoms. The molecular formula is C17H18N4O4S. The summed E-state index contributed by atoms with van der Waals surface area (Å²) in [5, 5.41) is 3.97. The van der Waals surface area contributed by atoms with Gasteiger partial charge >= 0.3 is 0 Å². The van der Waals surface area contributed by atoms with Crippen LogP contribution in [0, 0.1) is 0 Å². The molecule has 9 heteroatoms. The van der Waals surface area contributed by atoms with Crippen LogP contribution >= 0.6 is 0 Å². The van der Waals surface area contributed by atoms with Gasteiger partial charge in [-0.3, -0.25) is 0 Å². The number of ether oxygens (including phenoxy) is 1. The number of benzene rings is 1. The Kier molecular flexibility index (Phi) is 5.27. The molecule has 3 rings (SSSR count). The third-order valence-electron chi connectivity index (χ3n) is 3.74. The highest BCUT2D eigenvalue weighted by Crippen LogP contribution is 2.25. The predicted octanol–water partition coefficient (Wildman–Crippen LogP) is 1.65. The van der Waals surface area contributed by atoms with E-state index in [9.17, 15) is 8.42 Å². The van der Waals surface area contributed by atoms with Crippen LogP contribution in [-0.2, 0) is 29.1 Å². The van der Waals surface area contributed by atoms with Crippen LogP contribution in [0.25, 0.3) is 0 Å².